The van der Waals surface area contributed by atoms with E-state index in [-0.39, 0.29) is 17.6 Å². The standard InChI is InChI=1S/C14H18O3/c1-14(2,3)10-11(15)9-13(16)17-12-7-5-4-6-8-12/h4-8H,9-10H2,1-3H3. The van der Waals surface area contributed by atoms with E-state index in [0.717, 1.165) is 0 Å². The third kappa shape index (κ3) is 5.85. The molecule has 0 unspecified atom stereocenters. The molecule has 0 amide bonds. The quantitative estimate of drug-likeness (QED) is 0.457. The zero-order valence-electron chi connectivity index (χ0n) is 10.5. The average Bonchev–Trinajstić information content (AvgIpc) is 2.15. The molecule has 0 aromatic heterocycles. The molecule has 0 bridgehead atoms. The van der Waals surface area contributed by atoms with Crippen molar-refractivity contribution in [2.24, 2.45) is 5.41 Å². The number of ketones is 1. The number of carbonyl (C=O) groups is 2. The zero-order valence-corrected chi connectivity index (χ0v) is 10.5. The van der Waals surface area contributed by atoms with E-state index in [1.165, 1.54) is 0 Å². The van der Waals surface area contributed by atoms with Crippen LogP contribution >= 0.6 is 0 Å². The van der Waals surface area contributed by atoms with Crippen LogP contribution < -0.4 is 4.74 Å². The molecule has 0 N–H and O–H groups in total. The van der Waals surface area contributed by atoms with E-state index in [1.807, 2.05) is 26.8 Å². The van der Waals surface area contributed by atoms with Crippen LogP contribution in [0.5, 0.6) is 5.75 Å². The van der Waals surface area contributed by atoms with E-state index < -0.39 is 5.97 Å². The highest BCUT2D eigenvalue weighted by Gasteiger charge is 2.19. The van der Waals surface area contributed by atoms with Crippen LogP contribution in [0.15, 0.2) is 30.3 Å². The van der Waals surface area contributed by atoms with Gasteiger partial charge in [-0.05, 0) is 17.5 Å². The van der Waals surface area contributed by atoms with Gasteiger partial charge >= 0.3 is 5.97 Å². The summed E-state index contributed by atoms with van der Waals surface area (Å²) in [7, 11) is 0. The van der Waals surface area contributed by atoms with Gasteiger partial charge in [0.25, 0.3) is 0 Å². The van der Waals surface area contributed by atoms with Crippen molar-refractivity contribution in [2.75, 3.05) is 0 Å². The van der Waals surface area contributed by atoms with E-state index >= 15 is 0 Å². The number of benzene rings is 1. The summed E-state index contributed by atoms with van der Waals surface area (Å²) < 4.78 is 5.04. The van der Waals surface area contributed by atoms with Crippen molar-refractivity contribution in [1.82, 2.24) is 0 Å². The van der Waals surface area contributed by atoms with Gasteiger partial charge in [-0.3, -0.25) is 9.59 Å². The summed E-state index contributed by atoms with van der Waals surface area (Å²) in [5.41, 5.74) is -0.0931. The Kier molecular flexibility index (Phi) is 4.44. The first-order valence-electron chi connectivity index (χ1n) is 5.64. The summed E-state index contributed by atoms with van der Waals surface area (Å²) in [6, 6.07) is 8.76. The second-order valence-electron chi connectivity index (χ2n) is 5.24. The molecule has 0 aliphatic rings. The maximum absolute atomic E-state index is 11.6. The summed E-state index contributed by atoms with van der Waals surface area (Å²) in [6.45, 7) is 5.90. The lowest BCUT2D eigenvalue weighted by Gasteiger charge is -2.16. The smallest absolute Gasteiger partial charge is 0.318 e. The van der Waals surface area contributed by atoms with Gasteiger partial charge in [-0.2, -0.15) is 0 Å². The van der Waals surface area contributed by atoms with E-state index in [2.05, 4.69) is 0 Å². The predicted molar refractivity (Wildman–Crippen MR) is 65.8 cm³/mol. The fourth-order valence-electron chi connectivity index (χ4n) is 1.47. The van der Waals surface area contributed by atoms with Crippen LogP contribution in [0.4, 0.5) is 0 Å². The molecule has 92 valence electrons. The number of para-hydroxylation sites is 1. The zero-order chi connectivity index (χ0) is 12.9. The molecule has 1 rings (SSSR count). The highest BCUT2D eigenvalue weighted by Crippen LogP contribution is 2.20. The molecule has 0 spiro atoms. The summed E-state index contributed by atoms with van der Waals surface area (Å²) in [5, 5.41) is 0. The third-order valence-electron chi connectivity index (χ3n) is 2.04. The molecular formula is C14H18O3. The lowest BCUT2D eigenvalue weighted by molar-refractivity contribution is -0.138. The molecular weight excluding hydrogens is 216 g/mol. The molecule has 0 aliphatic heterocycles. The van der Waals surface area contributed by atoms with Crippen molar-refractivity contribution in [2.45, 2.75) is 33.6 Å². The van der Waals surface area contributed by atoms with Gasteiger partial charge in [0.2, 0.25) is 0 Å². The molecule has 0 atom stereocenters. The molecule has 3 nitrogen and oxygen atoms in total. The van der Waals surface area contributed by atoms with Gasteiger partial charge in [0.1, 0.15) is 18.0 Å². The molecule has 0 heterocycles. The molecule has 0 fully saturated rings. The SMILES string of the molecule is CC(C)(C)CC(=O)CC(=O)Oc1ccccc1. The van der Waals surface area contributed by atoms with Gasteiger partial charge in [-0.1, -0.05) is 39.0 Å². The number of rotatable bonds is 4. The Labute approximate surface area is 102 Å². The van der Waals surface area contributed by atoms with Gasteiger partial charge in [-0.15, -0.1) is 0 Å². The maximum atomic E-state index is 11.6. The number of hydrogen-bond donors (Lipinski definition) is 0. The van der Waals surface area contributed by atoms with E-state index in [0.29, 0.717) is 12.2 Å². The number of Topliss-reactive ketones (excluding diaryl/α,β-unsaturated/α-hetero) is 1. The van der Waals surface area contributed by atoms with Gasteiger partial charge in [-0.25, -0.2) is 0 Å². The molecule has 0 saturated carbocycles. The van der Waals surface area contributed by atoms with Crippen molar-refractivity contribution in [3.63, 3.8) is 0 Å². The summed E-state index contributed by atoms with van der Waals surface area (Å²) >= 11 is 0. The van der Waals surface area contributed by atoms with Crippen LogP contribution in [-0.4, -0.2) is 11.8 Å². The van der Waals surface area contributed by atoms with Gasteiger partial charge in [0, 0.05) is 6.42 Å². The predicted octanol–water partition coefficient (Wildman–Crippen LogP) is 2.99. The van der Waals surface area contributed by atoms with Crippen molar-refractivity contribution in [1.29, 1.82) is 0 Å². The van der Waals surface area contributed by atoms with E-state index in [1.54, 1.807) is 24.3 Å². The topological polar surface area (TPSA) is 43.4 Å². The number of ether oxygens (including phenoxy) is 1. The Hall–Kier alpha value is -1.64. The average molecular weight is 234 g/mol. The van der Waals surface area contributed by atoms with Crippen LogP contribution in [-0.2, 0) is 9.59 Å². The summed E-state index contributed by atoms with van der Waals surface area (Å²) in [5.74, 6) is -0.107. The first-order chi connectivity index (χ1) is 7.87. The van der Waals surface area contributed by atoms with Gasteiger partial charge < -0.3 is 4.74 Å². The monoisotopic (exact) mass is 234 g/mol. The first kappa shape index (κ1) is 13.4. The summed E-state index contributed by atoms with van der Waals surface area (Å²) in [6.07, 6.45) is 0.225. The van der Waals surface area contributed by atoms with Crippen LogP contribution in [0.3, 0.4) is 0 Å². The van der Waals surface area contributed by atoms with Crippen LogP contribution in [0.1, 0.15) is 33.6 Å². The molecule has 0 radical (unpaired) electrons. The largest absolute Gasteiger partial charge is 0.426 e. The Morgan fingerprint density at radius 3 is 2.24 bits per heavy atom. The van der Waals surface area contributed by atoms with E-state index in [4.69, 9.17) is 4.74 Å². The highest BCUT2D eigenvalue weighted by atomic mass is 16.5. The molecule has 1 aromatic rings. The number of carbonyl (C=O) groups excluding carboxylic acids is 2. The normalized spacial score (nSPS) is 11.0. The number of hydrogen-bond acceptors (Lipinski definition) is 3. The second kappa shape index (κ2) is 5.62. The molecule has 17 heavy (non-hydrogen) atoms. The molecule has 0 aliphatic carbocycles. The minimum Gasteiger partial charge on any atom is -0.426 e. The van der Waals surface area contributed by atoms with Crippen LogP contribution in [0.25, 0.3) is 0 Å². The summed E-state index contributed by atoms with van der Waals surface area (Å²) in [4.78, 5) is 23.0. The van der Waals surface area contributed by atoms with Crippen molar-refractivity contribution >= 4 is 11.8 Å². The fraction of sp³-hybridized carbons (Fsp3) is 0.429. The molecule has 0 saturated heterocycles. The van der Waals surface area contributed by atoms with Gasteiger partial charge in [0.05, 0.1) is 0 Å². The maximum Gasteiger partial charge on any atom is 0.318 e. The fourth-order valence-corrected chi connectivity index (χ4v) is 1.47. The molecule has 3 heteroatoms. The lowest BCUT2D eigenvalue weighted by Crippen LogP contribution is -2.18. The Morgan fingerprint density at radius 1 is 1.12 bits per heavy atom. The van der Waals surface area contributed by atoms with Crippen LogP contribution in [0.2, 0.25) is 0 Å². The molecule has 1 aromatic carbocycles. The lowest BCUT2D eigenvalue weighted by atomic mass is 9.89. The number of esters is 1. The third-order valence-corrected chi connectivity index (χ3v) is 2.04. The Morgan fingerprint density at radius 2 is 1.71 bits per heavy atom. The highest BCUT2D eigenvalue weighted by molar-refractivity contribution is 5.96. The Balaban J connectivity index is 2.43. The minimum atomic E-state index is -0.495. The van der Waals surface area contributed by atoms with Crippen LogP contribution in [0, 0.1) is 5.41 Å². The first-order valence-corrected chi connectivity index (χ1v) is 5.64. The Bertz CT molecular complexity index is 388. The second-order valence-corrected chi connectivity index (χ2v) is 5.24. The van der Waals surface area contributed by atoms with Crippen molar-refractivity contribution < 1.29 is 14.3 Å². The van der Waals surface area contributed by atoms with Crippen molar-refractivity contribution in [3.8, 4) is 5.75 Å². The van der Waals surface area contributed by atoms with Crippen molar-refractivity contribution in [3.05, 3.63) is 30.3 Å². The van der Waals surface area contributed by atoms with Gasteiger partial charge in [0.15, 0.2) is 0 Å². The minimum absolute atomic E-state index is 0.0848. The van der Waals surface area contributed by atoms with E-state index in [9.17, 15) is 9.59 Å².